The maximum absolute atomic E-state index is 13.5. The second-order valence-corrected chi connectivity index (χ2v) is 7.93. The van der Waals surface area contributed by atoms with Gasteiger partial charge in [-0.05, 0) is 18.1 Å². The molecule has 0 saturated carbocycles. The summed E-state index contributed by atoms with van der Waals surface area (Å²) in [6.45, 7) is 0.907. The first-order chi connectivity index (χ1) is 16.0. The Hall–Kier alpha value is -3.39. The lowest BCUT2D eigenvalue weighted by atomic mass is 9.75. The maximum atomic E-state index is 13.5. The third-order valence-corrected chi connectivity index (χ3v) is 5.89. The number of amides is 3. The molecule has 176 valence electrons. The smallest absolute Gasteiger partial charge is 0.240 e. The highest BCUT2D eigenvalue weighted by molar-refractivity contribution is 6.10. The van der Waals surface area contributed by atoms with Crippen LogP contribution in [-0.2, 0) is 31.1 Å². The van der Waals surface area contributed by atoms with Gasteiger partial charge < -0.3 is 19.5 Å². The molecular weight excluding hydrogens is 424 g/mol. The molecule has 8 nitrogen and oxygen atoms in total. The predicted octanol–water partition coefficient (Wildman–Crippen LogP) is 2.44. The number of carbonyl (C=O) groups is 3. The summed E-state index contributed by atoms with van der Waals surface area (Å²) < 4.78 is 15.8. The lowest BCUT2D eigenvalue weighted by Gasteiger charge is -2.27. The molecule has 1 atom stereocenters. The Morgan fingerprint density at radius 2 is 1.79 bits per heavy atom. The van der Waals surface area contributed by atoms with Crippen LogP contribution >= 0.6 is 0 Å². The fourth-order valence-electron chi connectivity index (χ4n) is 4.24. The first-order valence-corrected chi connectivity index (χ1v) is 10.8. The Labute approximate surface area is 193 Å². The van der Waals surface area contributed by atoms with Gasteiger partial charge >= 0.3 is 0 Å². The SMILES string of the molecule is COCCCN1C(=O)C[C@@](CC(=O)NCc2cccc(OC)c2OC)(c2ccccc2)C1=O. The minimum atomic E-state index is -1.23. The monoisotopic (exact) mass is 454 g/mol. The Balaban J connectivity index is 1.80. The van der Waals surface area contributed by atoms with Crippen LogP contribution in [0.2, 0.25) is 0 Å². The molecule has 0 spiro atoms. The average Bonchev–Trinajstić information content (AvgIpc) is 3.07. The van der Waals surface area contributed by atoms with Crippen LogP contribution in [0.4, 0.5) is 0 Å². The van der Waals surface area contributed by atoms with Crippen molar-refractivity contribution >= 4 is 17.7 Å². The molecule has 2 aromatic rings. The minimum absolute atomic E-state index is 0.0429. The summed E-state index contributed by atoms with van der Waals surface area (Å²) in [6, 6.07) is 14.5. The first-order valence-electron chi connectivity index (χ1n) is 10.8. The fraction of sp³-hybridized carbons (Fsp3) is 0.400. The van der Waals surface area contributed by atoms with Crippen LogP contribution in [0.3, 0.4) is 0 Å². The Kier molecular flexibility index (Phi) is 8.06. The number of likely N-dealkylation sites (tertiary alicyclic amines) is 1. The van der Waals surface area contributed by atoms with Crippen molar-refractivity contribution < 1.29 is 28.6 Å². The average molecular weight is 455 g/mol. The van der Waals surface area contributed by atoms with Gasteiger partial charge in [0, 0.05) is 45.2 Å². The third-order valence-electron chi connectivity index (χ3n) is 5.89. The van der Waals surface area contributed by atoms with Gasteiger partial charge in [0.1, 0.15) is 0 Å². The molecule has 1 aliphatic rings. The molecule has 1 heterocycles. The van der Waals surface area contributed by atoms with Crippen LogP contribution in [0.25, 0.3) is 0 Å². The van der Waals surface area contributed by atoms with E-state index in [-0.39, 0.29) is 43.7 Å². The second kappa shape index (κ2) is 11.0. The molecule has 0 radical (unpaired) electrons. The van der Waals surface area contributed by atoms with E-state index in [1.807, 2.05) is 18.2 Å². The van der Waals surface area contributed by atoms with Crippen LogP contribution < -0.4 is 14.8 Å². The molecule has 8 heteroatoms. The molecule has 0 aromatic heterocycles. The first kappa shape index (κ1) is 24.3. The molecule has 1 saturated heterocycles. The van der Waals surface area contributed by atoms with Gasteiger partial charge in [0.25, 0.3) is 0 Å². The van der Waals surface area contributed by atoms with E-state index in [1.54, 1.807) is 44.6 Å². The van der Waals surface area contributed by atoms with Crippen molar-refractivity contribution in [1.82, 2.24) is 10.2 Å². The van der Waals surface area contributed by atoms with Gasteiger partial charge in [0.05, 0.1) is 19.6 Å². The molecule has 1 N–H and O–H groups in total. The zero-order valence-electron chi connectivity index (χ0n) is 19.3. The summed E-state index contributed by atoms with van der Waals surface area (Å²) in [6.07, 6.45) is 0.369. The maximum Gasteiger partial charge on any atom is 0.240 e. The predicted molar refractivity (Wildman–Crippen MR) is 122 cm³/mol. The number of ether oxygens (including phenoxy) is 3. The summed E-state index contributed by atoms with van der Waals surface area (Å²) >= 11 is 0. The van der Waals surface area contributed by atoms with Crippen LogP contribution in [0.1, 0.15) is 30.4 Å². The number of carbonyl (C=O) groups excluding carboxylic acids is 3. The standard InChI is InChI=1S/C25H30N2O6/c1-31-14-8-13-27-22(29)16-25(24(27)30,19-10-5-4-6-11-19)15-21(28)26-17-18-9-7-12-20(32-2)23(18)33-3/h4-7,9-12H,8,13-17H2,1-3H3,(H,26,28)/t25-/m0/s1. The van der Waals surface area contributed by atoms with Crippen molar-refractivity contribution in [3.05, 3.63) is 59.7 Å². The van der Waals surface area contributed by atoms with Crippen molar-refractivity contribution in [2.45, 2.75) is 31.2 Å². The molecule has 3 rings (SSSR count). The number of methoxy groups -OCH3 is 3. The summed E-state index contributed by atoms with van der Waals surface area (Å²) in [5, 5.41) is 2.87. The second-order valence-electron chi connectivity index (χ2n) is 7.93. The number of para-hydroxylation sites is 1. The summed E-state index contributed by atoms with van der Waals surface area (Å²) in [4.78, 5) is 40.6. The Bertz CT molecular complexity index is 994. The molecule has 0 unspecified atom stereocenters. The highest BCUT2D eigenvalue weighted by Gasteiger charge is 2.53. The number of hydrogen-bond acceptors (Lipinski definition) is 6. The normalized spacial score (nSPS) is 17.8. The quantitative estimate of drug-likeness (QED) is 0.414. The number of rotatable bonds is 11. The van der Waals surface area contributed by atoms with Crippen LogP contribution in [-0.4, -0.2) is 57.1 Å². The van der Waals surface area contributed by atoms with Crippen LogP contribution in [0, 0.1) is 0 Å². The highest BCUT2D eigenvalue weighted by Crippen LogP contribution is 2.40. The van der Waals surface area contributed by atoms with Crippen molar-refractivity contribution in [3.63, 3.8) is 0 Å². The van der Waals surface area contributed by atoms with Gasteiger partial charge in [-0.15, -0.1) is 0 Å². The van der Waals surface area contributed by atoms with E-state index in [0.29, 0.717) is 30.1 Å². The van der Waals surface area contributed by atoms with Crippen molar-refractivity contribution in [2.24, 2.45) is 0 Å². The van der Waals surface area contributed by atoms with E-state index in [2.05, 4.69) is 5.32 Å². The van der Waals surface area contributed by atoms with Crippen LogP contribution in [0.15, 0.2) is 48.5 Å². The molecule has 2 aromatic carbocycles. The molecule has 0 aliphatic carbocycles. The van der Waals surface area contributed by atoms with Crippen molar-refractivity contribution in [2.75, 3.05) is 34.5 Å². The van der Waals surface area contributed by atoms with E-state index < -0.39 is 5.41 Å². The van der Waals surface area contributed by atoms with E-state index in [4.69, 9.17) is 14.2 Å². The van der Waals surface area contributed by atoms with Crippen molar-refractivity contribution in [3.8, 4) is 11.5 Å². The highest BCUT2D eigenvalue weighted by atomic mass is 16.5. The molecule has 1 fully saturated rings. The van der Waals surface area contributed by atoms with E-state index in [0.717, 1.165) is 5.56 Å². The molecular formula is C25H30N2O6. The number of benzene rings is 2. The zero-order valence-corrected chi connectivity index (χ0v) is 19.3. The molecule has 1 aliphatic heterocycles. The van der Waals surface area contributed by atoms with Crippen molar-refractivity contribution in [1.29, 1.82) is 0 Å². The zero-order chi connectivity index (χ0) is 23.8. The molecule has 3 amide bonds. The molecule has 33 heavy (non-hydrogen) atoms. The lowest BCUT2D eigenvalue weighted by molar-refractivity contribution is -0.141. The van der Waals surface area contributed by atoms with Gasteiger partial charge in [0.15, 0.2) is 11.5 Å². The Morgan fingerprint density at radius 1 is 1.03 bits per heavy atom. The third kappa shape index (κ3) is 5.17. The van der Waals surface area contributed by atoms with Crippen LogP contribution in [0.5, 0.6) is 11.5 Å². The largest absolute Gasteiger partial charge is 0.493 e. The van der Waals surface area contributed by atoms with E-state index >= 15 is 0 Å². The summed E-state index contributed by atoms with van der Waals surface area (Å²) in [7, 11) is 4.66. The van der Waals surface area contributed by atoms with Gasteiger partial charge in [0.2, 0.25) is 17.7 Å². The fourth-order valence-corrected chi connectivity index (χ4v) is 4.24. The molecule has 0 bridgehead atoms. The lowest BCUT2D eigenvalue weighted by Crippen LogP contribution is -2.42. The van der Waals surface area contributed by atoms with Gasteiger partial charge in [-0.25, -0.2) is 0 Å². The topological polar surface area (TPSA) is 94.2 Å². The van der Waals surface area contributed by atoms with Gasteiger partial charge in [-0.3, -0.25) is 19.3 Å². The van der Waals surface area contributed by atoms with E-state index in [1.165, 1.54) is 12.0 Å². The number of nitrogens with zero attached hydrogens (tertiary/aromatic N) is 1. The number of imide groups is 1. The number of hydrogen-bond donors (Lipinski definition) is 1. The minimum Gasteiger partial charge on any atom is -0.493 e. The summed E-state index contributed by atoms with van der Waals surface area (Å²) in [5.41, 5.74) is 0.175. The van der Waals surface area contributed by atoms with Gasteiger partial charge in [-0.2, -0.15) is 0 Å². The van der Waals surface area contributed by atoms with Gasteiger partial charge in [-0.1, -0.05) is 42.5 Å². The van der Waals surface area contributed by atoms with E-state index in [9.17, 15) is 14.4 Å². The summed E-state index contributed by atoms with van der Waals surface area (Å²) in [5.74, 6) is 0.150. The number of nitrogens with one attached hydrogen (secondary N) is 1. The Morgan fingerprint density at radius 3 is 2.45 bits per heavy atom.